The molecular weight excluding hydrogens is 336 g/mol. The van der Waals surface area contributed by atoms with Gasteiger partial charge in [0.2, 0.25) is 5.91 Å². The average molecular weight is 358 g/mol. The summed E-state index contributed by atoms with van der Waals surface area (Å²) in [6.45, 7) is 2.17. The van der Waals surface area contributed by atoms with Gasteiger partial charge in [-0.05, 0) is 24.6 Å². The van der Waals surface area contributed by atoms with Crippen molar-refractivity contribution in [3.05, 3.63) is 102 Å². The Morgan fingerprint density at radius 2 is 1.41 bits per heavy atom. The van der Waals surface area contributed by atoms with Crippen LogP contribution < -0.4 is 10.6 Å². The van der Waals surface area contributed by atoms with Gasteiger partial charge in [-0.1, -0.05) is 72.8 Å². The lowest BCUT2D eigenvalue weighted by Crippen LogP contribution is -2.30. The van der Waals surface area contributed by atoms with Gasteiger partial charge in [-0.3, -0.25) is 9.59 Å². The highest BCUT2D eigenvalue weighted by Crippen LogP contribution is 2.19. The molecule has 0 saturated heterocycles. The minimum atomic E-state index is -0.189. The molecule has 3 aromatic carbocycles. The zero-order valence-corrected chi connectivity index (χ0v) is 15.2. The smallest absolute Gasteiger partial charge is 0.238 e. The maximum atomic E-state index is 12.7. The molecule has 136 valence electrons. The van der Waals surface area contributed by atoms with Crippen molar-refractivity contribution in [1.82, 2.24) is 5.32 Å². The maximum absolute atomic E-state index is 12.7. The number of hydrogen-bond acceptors (Lipinski definition) is 3. The normalized spacial score (nSPS) is 11.6. The Bertz CT molecular complexity index is 908. The van der Waals surface area contributed by atoms with Gasteiger partial charge in [0.25, 0.3) is 0 Å². The lowest BCUT2D eigenvalue weighted by atomic mass is 10.0. The number of amides is 1. The van der Waals surface area contributed by atoms with E-state index in [0.29, 0.717) is 16.8 Å². The van der Waals surface area contributed by atoms with E-state index in [9.17, 15) is 9.59 Å². The number of benzene rings is 3. The molecule has 0 saturated carbocycles. The van der Waals surface area contributed by atoms with E-state index in [1.54, 1.807) is 36.4 Å². The molecule has 1 amide bonds. The van der Waals surface area contributed by atoms with E-state index in [1.165, 1.54) is 0 Å². The summed E-state index contributed by atoms with van der Waals surface area (Å²) in [5.41, 5.74) is 2.71. The Balaban J connectivity index is 1.65. The second kappa shape index (κ2) is 8.92. The molecule has 0 heterocycles. The Hall–Kier alpha value is -3.24. The SMILES string of the molecule is CC(NCC(=O)Nc1ccccc1C(=O)c1ccccc1)c1ccccc1. The third-order valence-corrected chi connectivity index (χ3v) is 4.35. The molecule has 27 heavy (non-hydrogen) atoms. The van der Waals surface area contributed by atoms with Crippen LogP contribution in [0.3, 0.4) is 0 Å². The summed E-state index contributed by atoms with van der Waals surface area (Å²) in [5.74, 6) is -0.303. The van der Waals surface area contributed by atoms with E-state index in [-0.39, 0.29) is 24.3 Å². The van der Waals surface area contributed by atoms with E-state index < -0.39 is 0 Å². The van der Waals surface area contributed by atoms with Crippen LogP contribution in [0.5, 0.6) is 0 Å². The molecular formula is C23H22N2O2. The second-order valence-electron chi connectivity index (χ2n) is 6.30. The molecule has 4 heteroatoms. The van der Waals surface area contributed by atoms with E-state index in [0.717, 1.165) is 5.56 Å². The highest BCUT2D eigenvalue weighted by Gasteiger charge is 2.15. The first-order valence-corrected chi connectivity index (χ1v) is 8.92. The number of nitrogens with one attached hydrogen (secondary N) is 2. The molecule has 3 rings (SSSR count). The van der Waals surface area contributed by atoms with Crippen LogP contribution in [-0.4, -0.2) is 18.2 Å². The van der Waals surface area contributed by atoms with Gasteiger partial charge in [0.1, 0.15) is 0 Å². The van der Waals surface area contributed by atoms with Crippen LogP contribution in [0, 0.1) is 0 Å². The van der Waals surface area contributed by atoms with E-state index in [1.807, 2.05) is 55.5 Å². The average Bonchev–Trinajstić information content (AvgIpc) is 2.73. The van der Waals surface area contributed by atoms with Crippen LogP contribution >= 0.6 is 0 Å². The Kier molecular flexibility index (Phi) is 6.13. The first-order chi connectivity index (χ1) is 13.1. The molecule has 0 fully saturated rings. The molecule has 2 N–H and O–H groups in total. The Morgan fingerprint density at radius 3 is 2.11 bits per heavy atom. The summed E-state index contributed by atoms with van der Waals surface area (Å²) in [6, 6.07) is 26.1. The van der Waals surface area contributed by atoms with Crippen molar-refractivity contribution < 1.29 is 9.59 Å². The van der Waals surface area contributed by atoms with Gasteiger partial charge < -0.3 is 10.6 Å². The number of hydrogen-bond donors (Lipinski definition) is 2. The largest absolute Gasteiger partial charge is 0.324 e. The Labute approximate surface area is 159 Å². The van der Waals surface area contributed by atoms with Gasteiger partial charge in [-0.25, -0.2) is 0 Å². The predicted molar refractivity (Wildman–Crippen MR) is 108 cm³/mol. The minimum Gasteiger partial charge on any atom is -0.324 e. The molecule has 0 aromatic heterocycles. The van der Waals surface area contributed by atoms with Gasteiger partial charge >= 0.3 is 0 Å². The summed E-state index contributed by atoms with van der Waals surface area (Å²) in [4.78, 5) is 25.1. The van der Waals surface area contributed by atoms with Crippen molar-refractivity contribution in [2.45, 2.75) is 13.0 Å². The number of carbonyl (C=O) groups excluding carboxylic acids is 2. The van der Waals surface area contributed by atoms with Crippen molar-refractivity contribution in [2.75, 3.05) is 11.9 Å². The first kappa shape index (κ1) is 18.5. The van der Waals surface area contributed by atoms with Gasteiger partial charge in [-0.2, -0.15) is 0 Å². The second-order valence-corrected chi connectivity index (χ2v) is 6.30. The van der Waals surface area contributed by atoms with Crippen LogP contribution in [0.4, 0.5) is 5.69 Å². The van der Waals surface area contributed by atoms with Crippen molar-refractivity contribution in [3.8, 4) is 0 Å². The highest BCUT2D eigenvalue weighted by atomic mass is 16.2. The van der Waals surface area contributed by atoms with Crippen molar-refractivity contribution in [2.24, 2.45) is 0 Å². The number of rotatable bonds is 7. The minimum absolute atomic E-state index is 0.0538. The summed E-state index contributed by atoms with van der Waals surface area (Å²) in [7, 11) is 0. The van der Waals surface area contributed by atoms with Crippen molar-refractivity contribution >= 4 is 17.4 Å². The third kappa shape index (κ3) is 4.90. The molecule has 0 aliphatic heterocycles. The van der Waals surface area contributed by atoms with Gasteiger partial charge in [0, 0.05) is 17.2 Å². The number of para-hydroxylation sites is 1. The summed E-state index contributed by atoms with van der Waals surface area (Å²) in [6.07, 6.45) is 0. The molecule has 0 spiro atoms. The van der Waals surface area contributed by atoms with Crippen LogP contribution in [-0.2, 0) is 4.79 Å². The standard InChI is InChI=1S/C23H22N2O2/c1-17(18-10-4-2-5-11-18)24-16-22(26)25-21-15-9-8-14-20(21)23(27)19-12-6-3-7-13-19/h2-15,17,24H,16H2,1H3,(H,25,26). The number of carbonyl (C=O) groups is 2. The number of ketones is 1. The summed E-state index contributed by atoms with van der Waals surface area (Å²) in [5, 5.41) is 6.05. The third-order valence-electron chi connectivity index (χ3n) is 4.35. The lowest BCUT2D eigenvalue weighted by Gasteiger charge is -2.15. The Morgan fingerprint density at radius 1 is 0.815 bits per heavy atom. The highest BCUT2D eigenvalue weighted by molar-refractivity contribution is 6.13. The fourth-order valence-electron chi connectivity index (χ4n) is 2.83. The number of anilines is 1. The quantitative estimate of drug-likeness (QED) is 0.622. The molecule has 4 nitrogen and oxygen atoms in total. The van der Waals surface area contributed by atoms with E-state index in [2.05, 4.69) is 10.6 Å². The maximum Gasteiger partial charge on any atom is 0.238 e. The van der Waals surface area contributed by atoms with Gasteiger partial charge in [-0.15, -0.1) is 0 Å². The molecule has 1 atom stereocenters. The fourth-order valence-corrected chi connectivity index (χ4v) is 2.83. The molecule has 0 aliphatic rings. The molecule has 3 aromatic rings. The molecule has 0 radical (unpaired) electrons. The fraction of sp³-hybridized carbons (Fsp3) is 0.130. The molecule has 0 bridgehead atoms. The first-order valence-electron chi connectivity index (χ1n) is 8.92. The topological polar surface area (TPSA) is 58.2 Å². The van der Waals surface area contributed by atoms with Crippen LogP contribution in [0.2, 0.25) is 0 Å². The van der Waals surface area contributed by atoms with Gasteiger partial charge in [0.05, 0.1) is 12.2 Å². The van der Waals surface area contributed by atoms with Crippen LogP contribution in [0.1, 0.15) is 34.5 Å². The van der Waals surface area contributed by atoms with Crippen molar-refractivity contribution in [1.29, 1.82) is 0 Å². The van der Waals surface area contributed by atoms with Gasteiger partial charge in [0.15, 0.2) is 5.78 Å². The van der Waals surface area contributed by atoms with E-state index >= 15 is 0 Å². The predicted octanol–water partition coefficient (Wildman–Crippen LogP) is 4.21. The monoisotopic (exact) mass is 358 g/mol. The zero-order chi connectivity index (χ0) is 19.1. The lowest BCUT2D eigenvalue weighted by molar-refractivity contribution is -0.115. The molecule has 1 unspecified atom stereocenters. The summed E-state index contributed by atoms with van der Waals surface area (Å²) >= 11 is 0. The molecule has 0 aliphatic carbocycles. The van der Waals surface area contributed by atoms with Crippen molar-refractivity contribution in [3.63, 3.8) is 0 Å². The van der Waals surface area contributed by atoms with Crippen LogP contribution in [0.15, 0.2) is 84.9 Å². The van der Waals surface area contributed by atoms with Crippen LogP contribution in [0.25, 0.3) is 0 Å². The summed E-state index contributed by atoms with van der Waals surface area (Å²) < 4.78 is 0. The van der Waals surface area contributed by atoms with E-state index in [4.69, 9.17) is 0 Å². The zero-order valence-electron chi connectivity index (χ0n) is 15.2.